The molecule has 5 heteroatoms. The van der Waals surface area contributed by atoms with Crippen LogP contribution in [0.2, 0.25) is 0 Å². The van der Waals surface area contributed by atoms with Crippen LogP contribution in [0, 0.1) is 0 Å². The summed E-state index contributed by atoms with van der Waals surface area (Å²) >= 11 is 3.84. The van der Waals surface area contributed by atoms with Crippen molar-refractivity contribution in [3.63, 3.8) is 0 Å². The number of rotatable bonds is 1. The molecule has 2 rings (SSSR count). The van der Waals surface area contributed by atoms with E-state index in [1.165, 1.54) is 5.69 Å². The standard InChI is InChI=1S/C8H12N2OS2/c1-2-9-10-7(1)8-12-5-3-11-4-6-13-8/h1-2,8H,3-6H2,(H,9,10). The van der Waals surface area contributed by atoms with Crippen LogP contribution in [0.25, 0.3) is 0 Å². The van der Waals surface area contributed by atoms with Gasteiger partial charge in [0.2, 0.25) is 0 Å². The smallest absolute Gasteiger partial charge is 0.0917 e. The third kappa shape index (κ3) is 2.65. The van der Waals surface area contributed by atoms with Crippen LogP contribution in [0.1, 0.15) is 10.3 Å². The van der Waals surface area contributed by atoms with E-state index >= 15 is 0 Å². The van der Waals surface area contributed by atoms with Gasteiger partial charge in [0.15, 0.2) is 0 Å². The van der Waals surface area contributed by atoms with Crippen LogP contribution < -0.4 is 0 Å². The van der Waals surface area contributed by atoms with E-state index in [1.807, 2.05) is 35.8 Å². The normalized spacial score (nSPS) is 20.9. The Labute approximate surface area is 86.0 Å². The molecule has 1 aromatic rings. The Bertz CT molecular complexity index is 232. The van der Waals surface area contributed by atoms with E-state index in [1.54, 1.807) is 0 Å². The second-order valence-electron chi connectivity index (χ2n) is 2.70. The Balaban J connectivity index is 1.96. The molecule has 1 saturated heterocycles. The number of ether oxygens (including phenoxy) is 1. The highest BCUT2D eigenvalue weighted by Gasteiger charge is 2.15. The van der Waals surface area contributed by atoms with Crippen molar-refractivity contribution in [3.8, 4) is 0 Å². The lowest BCUT2D eigenvalue weighted by atomic mass is 10.5. The summed E-state index contributed by atoms with van der Waals surface area (Å²) in [5.74, 6) is 2.13. The molecule has 72 valence electrons. The van der Waals surface area contributed by atoms with Crippen LogP contribution in [0.5, 0.6) is 0 Å². The molecule has 1 aliphatic heterocycles. The molecule has 1 N–H and O–H groups in total. The van der Waals surface area contributed by atoms with Gasteiger partial charge in [0.25, 0.3) is 0 Å². The van der Waals surface area contributed by atoms with Crippen LogP contribution in [0.3, 0.4) is 0 Å². The van der Waals surface area contributed by atoms with Gasteiger partial charge in [-0.05, 0) is 6.07 Å². The number of hydrogen-bond acceptors (Lipinski definition) is 4. The predicted octanol–water partition coefficient (Wildman–Crippen LogP) is 1.90. The molecule has 1 aromatic heterocycles. The lowest BCUT2D eigenvalue weighted by Gasteiger charge is -2.17. The minimum Gasteiger partial charge on any atom is -0.380 e. The summed E-state index contributed by atoms with van der Waals surface area (Å²) in [6.07, 6.45) is 1.81. The average Bonchev–Trinajstić information content (AvgIpc) is 2.55. The maximum atomic E-state index is 5.37. The van der Waals surface area contributed by atoms with Crippen molar-refractivity contribution < 1.29 is 4.74 Å². The first kappa shape index (κ1) is 9.43. The number of hydrogen-bond donors (Lipinski definition) is 1. The molecule has 0 bridgehead atoms. The maximum Gasteiger partial charge on any atom is 0.0917 e. The third-order valence-corrected chi connectivity index (χ3v) is 4.50. The topological polar surface area (TPSA) is 37.9 Å². The Kier molecular flexibility index (Phi) is 3.57. The highest BCUT2D eigenvalue weighted by atomic mass is 32.2. The summed E-state index contributed by atoms with van der Waals surface area (Å²) in [7, 11) is 0. The molecular weight excluding hydrogens is 204 g/mol. The molecule has 0 aliphatic carbocycles. The van der Waals surface area contributed by atoms with Gasteiger partial charge in [-0.2, -0.15) is 5.10 Å². The summed E-state index contributed by atoms with van der Waals surface area (Å²) in [6, 6.07) is 2.05. The molecule has 2 heterocycles. The fraction of sp³-hybridized carbons (Fsp3) is 0.625. The SMILES string of the molecule is c1cc(C2SCCOCCS2)[nH]n1. The van der Waals surface area contributed by atoms with E-state index in [-0.39, 0.29) is 0 Å². The maximum absolute atomic E-state index is 5.37. The minimum absolute atomic E-state index is 0.506. The van der Waals surface area contributed by atoms with Crippen LogP contribution >= 0.6 is 23.5 Å². The molecule has 0 aromatic carbocycles. The summed E-state index contributed by atoms with van der Waals surface area (Å²) in [5, 5.41) is 6.99. The van der Waals surface area contributed by atoms with E-state index in [0.717, 1.165) is 24.7 Å². The molecule has 1 fully saturated rings. The lowest BCUT2D eigenvalue weighted by molar-refractivity contribution is 0.166. The number of nitrogens with one attached hydrogen (secondary N) is 1. The number of H-pyrrole nitrogens is 1. The van der Waals surface area contributed by atoms with Gasteiger partial charge in [-0.25, -0.2) is 0 Å². The quantitative estimate of drug-likeness (QED) is 0.778. The Morgan fingerprint density at radius 3 is 2.77 bits per heavy atom. The van der Waals surface area contributed by atoms with Gasteiger partial charge in [-0.15, -0.1) is 23.5 Å². The molecule has 0 amide bonds. The zero-order valence-electron chi connectivity index (χ0n) is 7.23. The van der Waals surface area contributed by atoms with Crippen molar-refractivity contribution in [1.82, 2.24) is 10.2 Å². The number of aromatic amines is 1. The van der Waals surface area contributed by atoms with Crippen LogP contribution in [-0.2, 0) is 4.74 Å². The van der Waals surface area contributed by atoms with Gasteiger partial charge in [0.1, 0.15) is 0 Å². The number of aromatic nitrogens is 2. The van der Waals surface area contributed by atoms with Crippen molar-refractivity contribution in [2.24, 2.45) is 0 Å². The predicted molar refractivity (Wildman–Crippen MR) is 57.1 cm³/mol. The molecular formula is C8H12N2OS2. The van der Waals surface area contributed by atoms with Gasteiger partial charge < -0.3 is 4.74 Å². The van der Waals surface area contributed by atoms with Crippen molar-refractivity contribution >= 4 is 23.5 Å². The molecule has 1 aliphatic rings. The molecule has 13 heavy (non-hydrogen) atoms. The third-order valence-electron chi connectivity index (χ3n) is 1.77. The largest absolute Gasteiger partial charge is 0.380 e. The van der Waals surface area contributed by atoms with Gasteiger partial charge in [-0.3, -0.25) is 5.10 Å². The molecule has 0 atom stereocenters. The van der Waals surface area contributed by atoms with E-state index in [2.05, 4.69) is 10.2 Å². The van der Waals surface area contributed by atoms with Crippen molar-refractivity contribution in [2.75, 3.05) is 24.7 Å². The van der Waals surface area contributed by atoms with Crippen LogP contribution in [-0.4, -0.2) is 34.9 Å². The van der Waals surface area contributed by atoms with Crippen molar-refractivity contribution in [2.45, 2.75) is 4.58 Å². The van der Waals surface area contributed by atoms with Gasteiger partial charge in [0, 0.05) is 17.7 Å². The first-order valence-electron chi connectivity index (χ1n) is 4.27. The van der Waals surface area contributed by atoms with Gasteiger partial charge >= 0.3 is 0 Å². The second kappa shape index (κ2) is 4.93. The molecule has 0 radical (unpaired) electrons. The fourth-order valence-corrected chi connectivity index (χ4v) is 3.60. The van der Waals surface area contributed by atoms with Crippen LogP contribution in [0.4, 0.5) is 0 Å². The first-order valence-corrected chi connectivity index (χ1v) is 6.37. The first-order chi connectivity index (χ1) is 6.47. The van der Waals surface area contributed by atoms with Crippen molar-refractivity contribution in [1.29, 1.82) is 0 Å². The Morgan fingerprint density at radius 2 is 2.15 bits per heavy atom. The second-order valence-corrected chi connectivity index (χ2v) is 5.42. The van der Waals surface area contributed by atoms with E-state index in [4.69, 9.17) is 4.74 Å². The fourth-order valence-electron chi connectivity index (χ4n) is 1.16. The highest BCUT2D eigenvalue weighted by molar-refractivity contribution is 8.16. The Hall–Kier alpha value is -0.130. The molecule has 0 spiro atoms. The zero-order valence-corrected chi connectivity index (χ0v) is 8.87. The monoisotopic (exact) mass is 216 g/mol. The van der Waals surface area contributed by atoms with Crippen molar-refractivity contribution in [3.05, 3.63) is 18.0 Å². The average molecular weight is 216 g/mol. The molecule has 0 unspecified atom stereocenters. The number of nitrogens with zero attached hydrogens (tertiary/aromatic N) is 1. The van der Waals surface area contributed by atoms with Gasteiger partial charge in [0.05, 0.1) is 23.5 Å². The summed E-state index contributed by atoms with van der Waals surface area (Å²) < 4.78 is 5.88. The Morgan fingerprint density at radius 1 is 1.38 bits per heavy atom. The molecule has 0 saturated carbocycles. The van der Waals surface area contributed by atoms with E-state index in [0.29, 0.717) is 4.58 Å². The minimum atomic E-state index is 0.506. The highest BCUT2D eigenvalue weighted by Crippen LogP contribution is 2.38. The number of thioether (sulfide) groups is 2. The molecule has 3 nitrogen and oxygen atoms in total. The van der Waals surface area contributed by atoms with E-state index in [9.17, 15) is 0 Å². The van der Waals surface area contributed by atoms with Gasteiger partial charge in [-0.1, -0.05) is 0 Å². The summed E-state index contributed by atoms with van der Waals surface area (Å²) in [5.41, 5.74) is 1.22. The zero-order chi connectivity index (χ0) is 8.93. The van der Waals surface area contributed by atoms with E-state index < -0.39 is 0 Å². The van der Waals surface area contributed by atoms with Crippen LogP contribution in [0.15, 0.2) is 12.3 Å². The summed E-state index contributed by atoms with van der Waals surface area (Å²) in [4.78, 5) is 0. The summed E-state index contributed by atoms with van der Waals surface area (Å²) in [6.45, 7) is 1.74. The lowest BCUT2D eigenvalue weighted by Crippen LogP contribution is -2.07.